The molecule has 8 heteroatoms. The summed E-state index contributed by atoms with van der Waals surface area (Å²) in [6.07, 6.45) is 3.21. The van der Waals surface area contributed by atoms with Crippen molar-refractivity contribution in [3.05, 3.63) is 42.5 Å². The quantitative estimate of drug-likeness (QED) is 0.483. The maximum atomic E-state index is 11.9. The molecule has 0 bridgehead atoms. The average Bonchev–Trinajstić information content (AvgIpc) is 2.58. The first kappa shape index (κ1) is 20.9. The zero-order valence-electron chi connectivity index (χ0n) is 14.4. The largest absolute Gasteiger partial charge is 0.452 e. The summed E-state index contributed by atoms with van der Waals surface area (Å²) in [6, 6.07) is 5.28. The van der Waals surface area contributed by atoms with E-state index >= 15 is 0 Å². The van der Waals surface area contributed by atoms with Gasteiger partial charge >= 0.3 is 5.97 Å². The fourth-order valence-corrected chi connectivity index (χ4v) is 3.06. The van der Waals surface area contributed by atoms with Crippen molar-refractivity contribution in [3.8, 4) is 0 Å². The van der Waals surface area contributed by atoms with Crippen LogP contribution in [-0.4, -0.2) is 39.5 Å². The molecule has 0 radical (unpaired) electrons. The van der Waals surface area contributed by atoms with E-state index < -0.39 is 16.0 Å². The van der Waals surface area contributed by atoms with Crippen LogP contribution in [0.25, 0.3) is 0 Å². The second kappa shape index (κ2) is 9.95. The highest BCUT2D eigenvalue weighted by Gasteiger charge is 2.15. The number of rotatable bonds is 10. The number of amides is 1. The monoisotopic (exact) mass is 368 g/mol. The molecule has 0 spiro atoms. The third kappa shape index (κ3) is 7.06. The van der Waals surface area contributed by atoms with Gasteiger partial charge in [-0.2, -0.15) is 0 Å². The van der Waals surface area contributed by atoms with Crippen molar-refractivity contribution in [3.63, 3.8) is 0 Å². The van der Waals surface area contributed by atoms with E-state index in [-0.39, 0.29) is 35.6 Å². The van der Waals surface area contributed by atoms with Crippen LogP contribution in [-0.2, 0) is 19.6 Å². The lowest BCUT2D eigenvalue weighted by Crippen LogP contribution is -2.35. The Morgan fingerprint density at radius 1 is 1.28 bits per heavy atom. The third-order valence-electron chi connectivity index (χ3n) is 3.28. The van der Waals surface area contributed by atoms with Crippen LogP contribution < -0.4 is 10.0 Å². The topological polar surface area (TPSA) is 102 Å². The fraction of sp³-hybridized carbons (Fsp3) is 0.412. The van der Waals surface area contributed by atoms with E-state index in [0.29, 0.717) is 0 Å². The number of hydrogen-bond acceptors (Lipinski definition) is 5. The van der Waals surface area contributed by atoms with Crippen molar-refractivity contribution in [2.24, 2.45) is 0 Å². The molecule has 25 heavy (non-hydrogen) atoms. The second-order valence-corrected chi connectivity index (χ2v) is 7.27. The number of hydrogen-bond donors (Lipinski definition) is 2. The summed E-state index contributed by atoms with van der Waals surface area (Å²) in [6.45, 7) is 7.06. The van der Waals surface area contributed by atoms with Crippen LogP contribution in [0.15, 0.2) is 41.8 Å². The lowest BCUT2D eigenvalue weighted by molar-refractivity contribution is -0.124. The maximum Gasteiger partial charge on any atom is 0.338 e. The van der Waals surface area contributed by atoms with Crippen LogP contribution in [0.3, 0.4) is 0 Å². The van der Waals surface area contributed by atoms with E-state index in [0.717, 1.165) is 12.8 Å². The third-order valence-corrected chi connectivity index (χ3v) is 4.72. The van der Waals surface area contributed by atoms with Gasteiger partial charge in [-0.1, -0.05) is 19.4 Å². The summed E-state index contributed by atoms with van der Waals surface area (Å²) in [5, 5.41) is 2.72. The van der Waals surface area contributed by atoms with E-state index in [1.165, 1.54) is 30.3 Å². The van der Waals surface area contributed by atoms with E-state index in [1.54, 1.807) is 0 Å². The Bertz CT molecular complexity index is 698. The van der Waals surface area contributed by atoms with Crippen molar-refractivity contribution >= 4 is 21.9 Å². The van der Waals surface area contributed by atoms with Crippen LogP contribution in [0.1, 0.15) is 37.0 Å². The molecule has 1 aromatic carbocycles. The highest BCUT2D eigenvalue weighted by molar-refractivity contribution is 7.89. The molecule has 0 aliphatic rings. The van der Waals surface area contributed by atoms with Gasteiger partial charge in [0.2, 0.25) is 10.0 Å². The molecule has 138 valence electrons. The molecule has 0 unspecified atom stereocenters. The summed E-state index contributed by atoms with van der Waals surface area (Å²) in [5.41, 5.74) is 0.164. The van der Waals surface area contributed by atoms with Crippen LogP contribution in [0, 0.1) is 0 Å². The lowest BCUT2D eigenvalue weighted by atomic mass is 10.2. The van der Waals surface area contributed by atoms with Gasteiger partial charge in [0.05, 0.1) is 10.5 Å². The zero-order chi connectivity index (χ0) is 18.9. The predicted octanol–water partition coefficient (Wildman–Crippen LogP) is 1.61. The molecule has 1 amide bonds. The Morgan fingerprint density at radius 2 is 1.92 bits per heavy atom. The van der Waals surface area contributed by atoms with Gasteiger partial charge in [0.15, 0.2) is 6.61 Å². The molecule has 0 fully saturated rings. The Labute approximate surface area is 148 Å². The number of sulfonamides is 1. The van der Waals surface area contributed by atoms with Gasteiger partial charge in [0.1, 0.15) is 0 Å². The highest BCUT2D eigenvalue weighted by atomic mass is 32.2. The number of benzene rings is 1. The number of esters is 1. The normalized spacial score (nSPS) is 12.2. The molecule has 1 rings (SSSR count). The van der Waals surface area contributed by atoms with Crippen molar-refractivity contribution in [2.45, 2.75) is 37.6 Å². The molecular weight excluding hydrogens is 344 g/mol. The molecule has 0 saturated heterocycles. The van der Waals surface area contributed by atoms with Crippen LogP contribution in [0.5, 0.6) is 0 Å². The van der Waals surface area contributed by atoms with E-state index in [1.807, 2.05) is 13.8 Å². The Hall–Kier alpha value is -2.19. The zero-order valence-corrected chi connectivity index (χ0v) is 15.3. The first-order valence-corrected chi connectivity index (χ1v) is 9.45. The Kier molecular flexibility index (Phi) is 8.30. The molecular formula is C17H24N2O5S. The Balaban J connectivity index is 2.60. The molecule has 7 nitrogen and oxygen atoms in total. The van der Waals surface area contributed by atoms with Crippen LogP contribution in [0.4, 0.5) is 0 Å². The van der Waals surface area contributed by atoms with E-state index in [4.69, 9.17) is 4.74 Å². The molecule has 2 N–H and O–H groups in total. The molecule has 1 atom stereocenters. The summed E-state index contributed by atoms with van der Waals surface area (Å²) >= 11 is 0. The minimum absolute atomic E-state index is 0.0174. The second-order valence-electron chi connectivity index (χ2n) is 5.50. The van der Waals surface area contributed by atoms with Gasteiger partial charge in [0.25, 0.3) is 5.91 Å². The SMILES string of the molecule is C=CCNS(=O)(=O)c1ccc(C(=O)OCC(=O)N[C@H](C)CCC)cc1. The summed E-state index contributed by atoms with van der Waals surface area (Å²) in [7, 11) is -3.65. The maximum absolute atomic E-state index is 11.9. The summed E-state index contributed by atoms with van der Waals surface area (Å²) < 4.78 is 31.1. The lowest BCUT2D eigenvalue weighted by Gasteiger charge is -2.12. The smallest absolute Gasteiger partial charge is 0.338 e. The van der Waals surface area contributed by atoms with Crippen molar-refractivity contribution in [2.75, 3.05) is 13.2 Å². The molecule has 1 aromatic rings. The van der Waals surface area contributed by atoms with Gasteiger partial charge in [0, 0.05) is 12.6 Å². The minimum Gasteiger partial charge on any atom is -0.452 e. The van der Waals surface area contributed by atoms with E-state index in [2.05, 4.69) is 16.6 Å². The highest BCUT2D eigenvalue weighted by Crippen LogP contribution is 2.11. The molecule has 0 heterocycles. The first-order chi connectivity index (χ1) is 11.8. The van der Waals surface area contributed by atoms with Gasteiger partial charge < -0.3 is 10.1 Å². The minimum atomic E-state index is -3.65. The summed E-state index contributed by atoms with van der Waals surface area (Å²) in [5.74, 6) is -1.07. The number of carbonyl (C=O) groups is 2. The van der Waals surface area contributed by atoms with Crippen molar-refractivity contribution in [1.29, 1.82) is 0 Å². The number of ether oxygens (including phenoxy) is 1. The van der Waals surface area contributed by atoms with Crippen molar-refractivity contribution < 1.29 is 22.7 Å². The molecule has 0 aliphatic carbocycles. The van der Waals surface area contributed by atoms with Gasteiger partial charge in [-0.15, -0.1) is 6.58 Å². The Morgan fingerprint density at radius 3 is 2.48 bits per heavy atom. The fourth-order valence-electron chi connectivity index (χ4n) is 2.06. The predicted molar refractivity (Wildman–Crippen MR) is 94.6 cm³/mol. The van der Waals surface area contributed by atoms with E-state index in [9.17, 15) is 18.0 Å². The molecule has 0 aromatic heterocycles. The van der Waals surface area contributed by atoms with Crippen molar-refractivity contribution in [1.82, 2.24) is 10.0 Å². The van der Waals surface area contributed by atoms with Gasteiger partial charge in [-0.3, -0.25) is 4.79 Å². The van der Waals surface area contributed by atoms with Crippen LogP contribution >= 0.6 is 0 Å². The standard InChI is InChI=1S/C17H24N2O5S/c1-4-6-13(3)19-16(20)12-24-17(21)14-7-9-15(10-8-14)25(22,23)18-11-5-2/h5,7-10,13,18H,2,4,6,11-12H2,1,3H3,(H,19,20)/t13-/m1/s1. The summed E-state index contributed by atoms with van der Waals surface area (Å²) in [4.78, 5) is 23.6. The average molecular weight is 368 g/mol. The molecule has 0 aliphatic heterocycles. The number of carbonyl (C=O) groups excluding carboxylic acids is 2. The first-order valence-electron chi connectivity index (χ1n) is 7.97. The molecule has 0 saturated carbocycles. The van der Waals surface area contributed by atoms with Gasteiger partial charge in [-0.25, -0.2) is 17.9 Å². The van der Waals surface area contributed by atoms with Crippen LogP contribution in [0.2, 0.25) is 0 Å². The van der Waals surface area contributed by atoms with Gasteiger partial charge in [-0.05, 0) is 37.6 Å². The number of nitrogens with one attached hydrogen (secondary N) is 2.